The second-order valence-electron chi connectivity index (χ2n) is 11.1. The summed E-state index contributed by atoms with van der Waals surface area (Å²) < 4.78 is 11.3. The topological polar surface area (TPSA) is 114 Å². The minimum atomic E-state index is -0.976. The van der Waals surface area contributed by atoms with Crippen molar-refractivity contribution >= 4 is 29.3 Å². The summed E-state index contributed by atoms with van der Waals surface area (Å²) in [7, 11) is 0. The summed E-state index contributed by atoms with van der Waals surface area (Å²) in [5.74, 6) is -2.05. The molecule has 0 aliphatic carbocycles. The van der Waals surface area contributed by atoms with Crippen molar-refractivity contribution in [1.29, 1.82) is 0 Å². The van der Waals surface area contributed by atoms with Gasteiger partial charge in [0.15, 0.2) is 0 Å². The molecule has 2 aliphatic rings. The molecular formula is C32H49N3O6. The molecule has 228 valence electrons. The van der Waals surface area contributed by atoms with Crippen LogP contribution in [-0.4, -0.2) is 67.5 Å². The number of nitrogens with one attached hydrogen (secondary N) is 2. The second kappa shape index (κ2) is 18.6. The van der Waals surface area contributed by atoms with E-state index in [1.807, 2.05) is 0 Å². The van der Waals surface area contributed by atoms with Gasteiger partial charge in [-0.3, -0.25) is 29.4 Å². The van der Waals surface area contributed by atoms with Gasteiger partial charge in [0.1, 0.15) is 6.04 Å². The molecule has 0 bridgehead atoms. The molecule has 1 fully saturated rings. The number of ether oxygens (including phenoxy) is 2. The Hall–Kier alpha value is -2.78. The minimum Gasteiger partial charge on any atom is -0.382 e. The third-order valence-electron chi connectivity index (χ3n) is 7.79. The van der Waals surface area contributed by atoms with Crippen molar-refractivity contribution < 1.29 is 28.7 Å². The molecule has 41 heavy (non-hydrogen) atoms. The lowest BCUT2D eigenvalue weighted by atomic mass is 10.0. The Balaban J connectivity index is 1.19. The first-order valence-electron chi connectivity index (χ1n) is 15.8. The highest BCUT2D eigenvalue weighted by atomic mass is 16.5. The van der Waals surface area contributed by atoms with Crippen LogP contribution in [0.4, 0.5) is 5.69 Å². The number of hydrogen-bond acceptors (Lipinski definition) is 7. The third-order valence-corrected chi connectivity index (χ3v) is 7.79. The van der Waals surface area contributed by atoms with Gasteiger partial charge in [0.2, 0.25) is 11.8 Å². The summed E-state index contributed by atoms with van der Waals surface area (Å²) in [6.45, 7) is 4.94. The highest BCUT2D eigenvalue weighted by Gasteiger charge is 2.45. The van der Waals surface area contributed by atoms with Gasteiger partial charge in [0.25, 0.3) is 11.8 Å². The number of anilines is 1. The van der Waals surface area contributed by atoms with E-state index in [0.717, 1.165) is 17.9 Å². The third kappa shape index (κ3) is 10.5. The van der Waals surface area contributed by atoms with Crippen LogP contribution in [0, 0.1) is 0 Å². The van der Waals surface area contributed by atoms with Gasteiger partial charge in [0, 0.05) is 25.3 Å². The van der Waals surface area contributed by atoms with E-state index in [1.165, 1.54) is 77.0 Å². The van der Waals surface area contributed by atoms with E-state index < -0.39 is 29.7 Å². The van der Waals surface area contributed by atoms with Gasteiger partial charge < -0.3 is 14.8 Å². The number of benzene rings is 1. The number of fused-ring (bicyclic) bond motifs is 1. The zero-order valence-electron chi connectivity index (χ0n) is 24.8. The van der Waals surface area contributed by atoms with Crippen molar-refractivity contribution in [2.24, 2.45) is 0 Å². The van der Waals surface area contributed by atoms with E-state index in [2.05, 4.69) is 17.6 Å². The largest absolute Gasteiger partial charge is 0.382 e. The van der Waals surface area contributed by atoms with Crippen molar-refractivity contribution in [3.05, 3.63) is 29.3 Å². The molecule has 4 amide bonds. The molecule has 0 spiro atoms. The summed E-state index contributed by atoms with van der Waals surface area (Å²) in [4.78, 5) is 50.7. The Bertz CT molecular complexity index is 998. The van der Waals surface area contributed by atoms with E-state index in [1.54, 1.807) is 18.2 Å². The second-order valence-corrected chi connectivity index (χ2v) is 11.1. The van der Waals surface area contributed by atoms with Crippen molar-refractivity contribution in [3.63, 3.8) is 0 Å². The van der Waals surface area contributed by atoms with Gasteiger partial charge >= 0.3 is 0 Å². The summed E-state index contributed by atoms with van der Waals surface area (Å²) in [6, 6.07) is 4.04. The van der Waals surface area contributed by atoms with E-state index >= 15 is 0 Å². The lowest BCUT2D eigenvalue weighted by molar-refractivity contribution is -0.136. The van der Waals surface area contributed by atoms with Crippen molar-refractivity contribution in [1.82, 2.24) is 10.2 Å². The molecule has 1 saturated heterocycles. The molecule has 9 heteroatoms. The summed E-state index contributed by atoms with van der Waals surface area (Å²) in [6.07, 6.45) is 17.6. The highest BCUT2D eigenvalue weighted by Crippen LogP contribution is 2.32. The fraction of sp³-hybridized carbons (Fsp3) is 0.688. The number of nitrogens with zero attached hydrogens (tertiary/aromatic N) is 1. The Morgan fingerprint density at radius 1 is 0.780 bits per heavy atom. The maximum atomic E-state index is 13.1. The van der Waals surface area contributed by atoms with E-state index in [4.69, 9.17) is 9.47 Å². The quantitative estimate of drug-likeness (QED) is 0.137. The molecule has 1 aromatic rings. The number of imide groups is 2. The molecule has 2 aliphatic heterocycles. The van der Waals surface area contributed by atoms with Gasteiger partial charge in [-0.05, 0) is 25.0 Å². The molecule has 0 saturated carbocycles. The molecule has 0 radical (unpaired) electrons. The van der Waals surface area contributed by atoms with Crippen LogP contribution in [-0.2, 0) is 19.1 Å². The Labute approximate surface area is 245 Å². The summed E-state index contributed by atoms with van der Waals surface area (Å²) in [5.41, 5.74) is 1.04. The first-order chi connectivity index (χ1) is 20.0. The number of carbonyl (C=O) groups is 4. The predicted molar refractivity (Wildman–Crippen MR) is 159 cm³/mol. The molecule has 1 unspecified atom stereocenters. The molecule has 1 aromatic carbocycles. The first-order valence-corrected chi connectivity index (χ1v) is 15.8. The maximum absolute atomic E-state index is 13.1. The standard InChI is InChI=1S/C32H49N3O6/c1-2-3-4-5-6-7-8-9-10-11-12-13-14-21-40-23-24-41-22-20-33-26-17-15-16-25-29(26)32(39)35(31(25)38)27-18-19-28(36)34-30(27)37/h15-17,27,33H,2-14,18-24H2,1H3,(H,34,36,37). The van der Waals surface area contributed by atoms with Crippen LogP contribution in [0.3, 0.4) is 0 Å². The average molecular weight is 572 g/mol. The van der Waals surface area contributed by atoms with Crippen molar-refractivity contribution in [2.75, 3.05) is 38.3 Å². The predicted octanol–water partition coefficient (Wildman–Crippen LogP) is 5.62. The molecule has 2 N–H and O–H groups in total. The molecule has 2 heterocycles. The lowest BCUT2D eigenvalue weighted by Gasteiger charge is -2.27. The van der Waals surface area contributed by atoms with Gasteiger partial charge in [-0.1, -0.05) is 90.0 Å². The first kappa shape index (κ1) is 32.7. The number of hydrogen-bond donors (Lipinski definition) is 2. The summed E-state index contributed by atoms with van der Waals surface area (Å²) >= 11 is 0. The SMILES string of the molecule is CCCCCCCCCCCCCCCOCCOCCNc1cccc2c1C(=O)N(C1CCC(=O)NC1=O)C2=O. The molecule has 9 nitrogen and oxygen atoms in total. The molecule has 3 rings (SSSR count). The highest BCUT2D eigenvalue weighted by molar-refractivity contribution is 6.25. The normalized spacial score (nSPS) is 16.8. The zero-order valence-corrected chi connectivity index (χ0v) is 24.8. The Morgan fingerprint density at radius 2 is 1.39 bits per heavy atom. The number of unbranched alkanes of at least 4 members (excludes halogenated alkanes) is 12. The average Bonchev–Trinajstić information content (AvgIpc) is 3.22. The minimum absolute atomic E-state index is 0.0926. The monoisotopic (exact) mass is 571 g/mol. The number of carbonyl (C=O) groups excluding carboxylic acids is 4. The van der Waals surface area contributed by atoms with Gasteiger partial charge in [0.05, 0.1) is 30.9 Å². The lowest BCUT2D eigenvalue weighted by Crippen LogP contribution is -2.54. The number of amides is 4. The van der Waals surface area contributed by atoms with Crippen LogP contribution in [0.25, 0.3) is 0 Å². The van der Waals surface area contributed by atoms with Crippen LogP contribution in [0.2, 0.25) is 0 Å². The number of piperidine rings is 1. The maximum Gasteiger partial charge on any atom is 0.264 e. The summed E-state index contributed by atoms with van der Waals surface area (Å²) in [5, 5.41) is 5.39. The Kier molecular flexibility index (Phi) is 14.9. The van der Waals surface area contributed by atoms with Crippen LogP contribution in [0.5, 0.6) is 0 Å². The Morgan fingerprint density at radius 3 is 2.02 bits per heavy atom. The molecule has 0 aromatic heterocycles. The van der Waals surface area contributed by atoms with Gasteiger partial charge in [-0.25, -0.2) is 0 Å². The van der Waals surface area contributed by atoms with Crippen LogP contribution in [0.1, 0.15) is 124 Å². The van der Waals surface area contributed by atoms with Crippen LogP contribution < -0.4 is 10.6 Å². The molecule has 1 atom stereocenters. The van der Waals surface area contributed by atoms with Gasteiger partial charge in [-0.2, -0.15) is 0 Å². The van der Waals surface area contributed by atoms with E-state index in [9.17, 15) is 19.2 Å². The fourth-order valence-electron chi connectivity index (χ4n) is 5.46. The van der Waals surface area contributed by atoms with Crippen molar-refractivity contribution in [3.8, 4) is 0 Å². The van der Waals surface area contributed by atoms with Crippen LogP contribution >= 0.6 is 0 Å². The van der Waals surface area contributed by atoms with Crippen molar-refractivity contribution in [2.45, 2.75) is 109 Å². The van der Waals surface area contributed by atoms with Gasteiger partial charge in [-0.15, -0.1) is 0 Å². The number of rotatable bonds is 22. The smallest absolute Gasteiger partial charge is 0.264 e. The molecular weight excluding hydrogens is 522 g/mol. The van der Waals surface area contributed by atoms with E-state index in [-0.39, 0.29) is 24.0 Å². The zero-order chi connectivity index (χ0) is 29.3. The van der Waals surface area contributed by atoms with E-state index in [0.29, 0.717) is 32.1 Å². The van der Waals surface area contributed by atoms with Crippen LogP contribution in [0.15, 0.2) is 18.2 Å². The fourth-order valence-corrected chi connectivity index (χ4v) is 5.46.